The fraction of sp³-hybridized carbons (Fsp3) is 0.303. The first kappa shape index (κ1) is 29.3. The number of carbonyl (C=O) groups is 2. The Morgan fingerprint density at radius 2 is 1.82 bits per heavy atom. The van der Waals surface area contributed by atoms with Gasteiger partial charge in [-0.3, -0.25) is 14.5 Å². The Hall–Kier alpha value is -4.77. The lowest BCUT2D eigenvalue weighted by molar-refractivity contribution is -0.132. The number of hydrogen-bond acceptors (Lipinski definition) is 10. The van der Waals surface area contributed by atoms with E-state index in [2.05, 4.69) is 6.92 Å². The summed E-state index contributed by atoms with van der Waals surface area (Å²) in [7, 11) is 1.53. The van der Waals surface area contributed by atoms with Crippen LogP contribution in [0.1, 0.15) is 43.9 Å². The number of ketones is 1. The molecule has 0 spiro atoms. The van der Waals surface area contributed by atoms with Crippen molar-refractivity contribution in [3.63, 3.8) is 0 Å². The third kappa shape index (κ3) is 5.39. The summed E-state index contributed by atoms with van der Waals surface area (Å²) in [5, 5.41) is 12.0. The molecule has 11 heteroatoms. The van der Waals surface area contributed by atoms with Crippen molar-refractivity contribution in [1.29, 1.82) is 0 Å². The number of aromatic nitrogens is 1. The normalized spacial score (nSPS) is 17.2. The fourth-order valence-corrected chi connectivity index (χ4v) is 6.26. The van der Waals surface area contributed by atoms with Crippen molar-refractivity contribution in [3.8, 4) is 28.7 Å². The monoisotopic (exact) mass is 616 g/mol. The smallest absolute Gasteiger partial charge is 0.301 e. The zero-order valence-electron chi connectivity index (χ0n) is 24.6. The summed E-state index contributed by atoms with van der Waals surface area (Å²) in [4.78, 5) is 33.6. The summed E-state index contributed by atoms with van der Waals surface area (Å²) in [6.45, 7) is 5.77. The quantitative estimate of drug-likeness (QED) is 0.0951. The molecule has 1 atom stereocenters. The highest BCUT2D eigenvalue weighted by Crippen LogP contribution is 2.46. The number of nitrogens with zero attached hydrogens (tertiary/aromatic N) is 2. The molecule has 1 aromatic heterocycles. The molecule has 0 saturated carbocycles. The third-order valence-electron chi connectivity index (χ3n) is 7.38. The van der Waals surface area contributed by atoms with Crippen LogP contribution in [0.25, 0.3) is 16.0 Å². The van der Waals surface area contributed by atoms with Crippen LogP contribution in [-0.2, 0) is 9.59 Å². The number of aliphatic hydroxyl groups is 1. The minimum absolute atomic E-state index is 0.0809. The van der Waals surface area contributed by atoms with E-state index < -0.39 is 17.7 Å². The van der Waals surface area contributed by atoms with Gasteiger partial charge in [0.05, 0.1) is 42.2 Å². The van der Waals surface area contributed by atoms with Crippen LogP contribution in [0.3, 0.4) is 0 Å². The predicted octanol–water partition coefficient (Wildman–Crippen LogP) is 6.28. The minimum Gasteiger partial charge on any atom is -0.507 e. The van der Waals surface area contributed by atoms with E-state index in [4.69, 9.17) is 28.7 Å². The molecular weight excluding hydrogens is 584 g/mol. The van der Waals surface area contributed by atoms with E-state index in [0.29, 0.717) is 77.0 Å². The molecule has 1 N–H and O–H groups in total. The highest BCUT2D eigenvalue weighted by Gasteiger charge is 2.48. The van der Waals surface area contributed by atoms with Gasteiger partial charge in [-0.1, -0.05) is 30.7 Å². The number of carbonyl (C=O) groups excluding carboxylic acids is 2. The Balaban J connectivity index is 1.50. The van der Waals surface area contributed by atoms with Crippen molar-refractivity contribution in [2.24, 2.45) is 0 Å². The number of fused-ring (bicyclic) bond motifs is 2. The Morgan fingerprint density at radius 3 is 2.59 bits per heavy atom. The zero-order chi connectivity index (χ0) is 30.8. The first-order valence-corrected chi connectivity index (χ1v) is 15.3. The van der Waals surface area contributed by atoms with Crippen LogP contribution in [0, 0.1) is 0 Å². The van der Waals surface area contributed by atoms with E-state index in [9.17, 15) is 14.7 Å². The van der Waals surface area contributed by atoms with E-state index >= 15 is 0 Å². The van der Waals surface area contributed by atoms with Gasteiger partial charge in [-0.15, -0.1) is 0 Å². The van der Waals surface area contributed by atoms with Crippen molar-refractivity contribution < 1.29 is 38.4 Å². The molecule has 2 aliphatic rings. The molecule has 2 aliphatic heterocycles. The second kappa shape index (κ2) is 12.5. The molecule has 1 saturated heterocycles. The highest BCUT2D eigenvalue weighted by molar-refractivity contribution is 7.22. The Morgan fingerprint density at radius 1 is 1.00 bits per heavy atom. The number of anilines is 1. The number of hydrogen-bond donors (Lipinski definition) is 1. The van der Waals surface area contributed by atoms with Crippen molar-refractivity contribution in [2.45, 2.75) is 32.7 Å². The lowest BCUT2D eigenvalue weighted by Gasteiger charge is -2.24. The molecule has 10 nitrogen and oxygen atoms in total. The number of methoxy groups -OCH3 is 1. The van der Waals surface area contributed by atoms with E-state index in [1.807, 2.05) is 25.1 Å². The number of amides is 1. The van der Waals surface area contributed by atoms with Gasteiger partial charge in [0, 0.05) is 5.56 Å². The Kier molecular flexibility index (Phi) is 8.30. The van der Waals surface area contributed by atoms with E-state index in [-0.39, 0.29) is 11.3 Å². The van der Waals surface area contributed by atoms with Crippen molar-refractivity contribution >= 4 is 44.1 Å². The molecule has 44 heavy (non-hydrogen) atoms. The number of unbranched alkanes of at least 4 members (excludes halogenated alkanes) is 1. The van der Waals surface area contributed by atoms with Gasteiger partial charge in [-0.25, -0.2) is 4.98 Å². The van der Waals surface area contributed by atoms with Gasteiger partial charge in [0.2, 0.25) is 0 Å². The molecule has 3 aromatic carbocycles. The molecule has 0 radical (unpaired) electrons. The number of aliphatic hydroxyl groups excluding tert-OH is 1. The summed E-state index contributed by atoms with van der Waals surface area (Å²) in [5.41, 5.74) is 1.42. The van der Waals surface area contributed by atoms with Crippen LogP contribution in [0.2, 0.25) is 0 Å². The largest absolute Gasteiger partial charge is 0.507 e. The molecule has 3 heterocycles. The number of ether oxygens (including phenoxy) is 5. The van der Waals surface area contributed by atoms with Gasteiger partial charge in [-0.05, 0) is 67.4 Å². The van der Waals surface area contributed by atoms with E-state index in [0.717, 1.165) is 17.5 Å². The summed E-state index contributed by atoms with van der Waals surface area (Å²) in [6.07, 6.45) is 1.85. The molecule has 6 rings (SSSR count). The lowest BCUT2D eigenvalue weighted by Crippen LogP contribution is -2.29. The number of benzene rings is 3. The second-order valence-corrected chi connectivity index (χ2v) is 11.2. The molecule has 1 amide bonds. The van der Waals surface area contributed by atoms with Crippen LogP contribution in [0.15, 0.2) is 60.2 Å². The maximum Gasteiger partial charge on any atom is 0.301 e. The average molecular weight is 617 g/mol. The van der Waals surface area contributed by atoms with E-state index in [1.54, 1.807) is 36.4 Å². The zero-order valence-corrected chi connectivity index (χ0v) is 25.4. The van der Waals surface area contributed by atoms with Crippen molar-refractivity contribution in [3.05, 3.63) is 71.3 Å². The molecule has 0 bridgehead atoms. The van der Waals surface area contributed by atoms with Crippen LogP contribution >= 0.6 is 11.3 Å². The fourth-order valence-electron chi connectivity index (χ4n) is 5.24. The summed E-state index contributed by atoms with van der Waals surface area (Å²) in [5.74, 6) is 0.655. The molecule has 4 aromatic rings. The standard InChI is InChI=1S/C33H32N2O8S/c1-4-6-13-41-23-11-7-19(16-25(23)39-3)29-28(30(36)20-8-12-24-26(17-20)43-15-14-42-24)31(37)32(38)35(29)33-34-22-10-9-21(40-5-2)18-27(22)44-33/h7-12,16-18,29,36H,4-6,13-15H2,1-3H3/t29-/m1/s1. The first-order valence-electron chi connectivity index (χ1n) is 14.5. The molecule has 0 unspecified atom stereocenters. The number of Topliss-reactive ketones (excluding diaryl/α,β-unsaturated/α-hetero) is 1. The summed E-state index contributed by atoms with van der Waals surface area (Å²) >= 11 is 1.26. The average Bonchev–Trinajstić information content (AvgIpc) is 3.58. The maximum absolute atomic E-state index is 13.8. The van der Waals surface area contributed by atoms with Crippen molar-refractivity contribution in [2.75, 3.05) is 38.4 Å². The van der Waals surface area contributed by atoms with Gasteiger partial charge in [0.15, 0.2) is 28.1 Å². The van der Waals surface area contributed by atoms with Gasteiger partial charge in [0.1, 0.15) is 24.7 Å². The van der Waals surface area contributed by atoms with Gasteiger partial charge in [-0.2, -0.15) is 0 Å². The topological polar surface area (TPSA) is 117 Å². The number of rotatable bonds is 10. The summed E-state index contributed by atoms with van der Waals surface area (Å²) < 4.78 is 29.3. The van der Waals surface area contributed by atoms with Crippen LogP contribution in [0.4, 0.5) is 5.13 Å². The van der Waals surface area contributed by atoms with Crippen LogP contribution < -0.4 is 28.6 Å². The highest BCUT2D eigenvalue weighted by atomic mass is 32.1. The van der Waals surface area contributed by atoms with Gasteiger partial charge in [0.25, 0.3) is 5.78 Å². The Bertz CT molecular complexity index is 1760. The second-order valence-electron chi connectivity index (χ2n) is 10.2. The molecule has 1 fully saturated rings. The molecule has 228 valence electrons. The van der Waals surface area contributed by atoms with Crippen LogP contribution in [-0.4, -0.2) is 55.3 Å². The number of thiazole rings is 1. The summed E-state index contributed by atoms with van der Waals surface area (Å²) in [6, 6.07) is 14.6. The van der Waals surface area contributed by atoms with Gasteiger partial charge < -0.3 is 28.8 Å². The van der Waals surface area contributed by atoms with E-state index in [1.165, 1.54) is 23.3 Å². The maximum atomic E-state index is 13.8. The van der Waals surface area contributed by atoms with Crippen LogP contribution in [0.5, 0.6) is 28.7 Å². The third-order valence-corrected chi connectivity index (χ3v) is 8.40. The van der Waals surface area contributed by atoms with Crippen molar-refractivity contribution in [1.82, 2.24) is 4.98 Å². The predicted molar refractivity (Wildman–Crippen MR) is 166 cm³/mol. The lowest BCUT2D eigenvalue weighted by atomic mass is 9.95. The first-order chi connectivity index (χ1) is 21.4. The Labute approximate surface area is 258 Å². The SMILES string of the molecule is CCCCOc1ccc([C@@H]2C(=C(O)c3ccc4c(c3)OCCO4)C(=O)C(=O)N2c2nc3ccc(OCC)cc3s2)cc1OC. The van der Waals surface area contributed by atoms with Gasteiger partial charge >= 0.3 is 5.91 Å². The minimum atomic E-state index is -1.01. The molecular formula is C33H32N2O8S. The molecule has 0 aliphatic carbocycles.